The number of ether oxygens (including phenoxy) is 1. The molecule has 0 aromatic carbocycles. The molecule has 6 nitrogen and oxygen atoms in total. The van der Waals surface area contributed by atoms with Crippen molar-refractivity contribution in [2.45, 2.75) is 48.5 Å². The maximum atomic E-state index is 12.8. The minimum atomic E-state index is -5.00. The highest BCUT2D eigenvalue weighted by Crippen LogP contribution is 2.43. The fourth-order valence-electron chi connectivity index (χ4n) is 2.11. The molecule has 2 heterocycles. The van der Waals surface area contributed by atoms with Crippen LogP contribution in [-0.4, -0.2) is 69.1 Å². The van der Waals surface area contributed by atoms with E-state index in [9.17, 15) is 28.5 Å². The quantitative estimate of drug-likeness (QED) is 0.518. The average molecular weight is 316 g/mol. The zero-order valence-electron chi connectivity index (χ0n) is 10.6. The van der Waals surface area contributed by atoms with Crippen molar-refractivity contribution in [3.05, 3.63) is 0 Å². The van der Waals surface area contributed by atoms with Gasteiger partial charge in [-0.1, -0.05) is 11.8 Å². The van der Waals surface area contributed by atoms with Crippen molar-refractivity contribution in [3.8, 4) is 0 Å². The smallest absolute Gasteiger partial charge is 0.388 e. The molecule has 0 aromatic heterocycles. The summed E-state index contributed by atoms with van der Waals surface area (Å²) in [6, 6.07) is -0.877. The van der Waals surface area contributed by atoms with Gasteiger partial charge in [-0.2, -0.15) is 13.2 Å². The fourth-order valence-corrected chi connectivity index (χ4v) is 3.16. The van der Waals surface area contributed by atoms with Gasteiger partial charge in [0, 0.05) is 7.05 Å². The number of nitrogens with zero attached hydrogens (tertiary/aromatic N) is 1. The van der Waals surface area contributed by atoms with Gasteiger partial charge in [-0.05, 0) is 6.92 Å². The molecule has 2 rings (SSSR count). The van der Waals surface area contributed by atoms with Gasteiger partial charge in [0.2, 0.25) is 0 Å². The number of amidine groups is 1. The zero-order chi connectivity index (χ0) is 15.3. The van der Waals surface area contributed by atoms with E-state index in [0.29, 0.717) is 12.1 Å². The van der Waals surface area contributed by atoms with E-state index in [4.69, 9.17) is 4.74 Å². The second-order valence-electron chi connectivity index (χ2n) is 4.84. The lowest BCUT2D eigenvalue weighted by molar-refractivity contribution is -0.317. The molecule has 4 N–H and O–H groups in total. The Morgan fingerprint density at radius 1 is 1.30 bits per heavy atom. The van der Waals surface area contributed by atoms with Crippen LogP contribution >= 0.6 is 11.8 Å². The van der Waals surface area contributed by atoms with Crippen molar-refractivity contribution in [1.29, 1.82) is 0 Å². The van der Waals surface area contributed by atoms with Crippen LogP contribution in [0.2, 0.25) is 0 Å². The molecule has 1 saturated heterocycles. The Morgan fingerprint density at radius 3 is 2.40 bits per heavy atom. The molecule has 2 aliphatic rings. The Bertz CT molecular complexity index is 418. The van der Waals surface area contributed by atoms with Crippen LogP contribution in [0.1, 0.15) is 6.92 Å². The van der Waals surface area contributed by atoms with Crippen LogP contribution in [0.4, 0.5) is 13.2 Å². The predicted octanol–water partition coefficient (Wildman–Crippen LogP) is -0.563. The first-order valence-corrected chi connectivity index (χ1v) is 6.70. The van der Waals surface area contributed by atoms with E-state index in [1.165, 1.54) is 0 Å². The molecule has 2 aliphatic heterocycles. The van der Waals surface area contributed by atoms with Crippen molar-refractivity contribution in [2.24, 2.45) is 4.99 Å². The largest absolute Gasteiger partial charge is 0.419 e. The van der Waals surface area contributed by atoms with E-state index >= 15 is 0 Å². The first-order valence-electron chi connectivity index (χ1n) is 5.82. The third-order valence-electron chi connectivity index (χ3n) is 3.41. The van der Waals surface area contributed by atoms with Gasteiger partial charge in [0.05, 0.1) is 0 Å². The summed E-state index contributed by atoms with van der Waals surface area (Å²) in [7, 11) is 1.56. The lowest BCUT2D eigenvalue weighted by Crippen LogP contribution is -2.66. The van der Waals surface area contributed by atoms with Gasteiger partial charge < -0.3 is 25.4 Å². The van der Waals surface area contributed by atoms with Crippen molar-refractivity contribution in [3.63, 3.8) is 0 Å². The SMILES string of the molecule is CNC1=N[C@@H]2[C@@H](O)[C@H](O)C(C(C)(O)C(F)(F)F)O[C@@H]2S1. The molecule has 10 heteroatoms. The standard InChI is InChI=1S/C10H15F3N2O4S/c1-9(18,10(11,12)13)6-5(17)4(16)3-7(19-6)20-8(14-2)15-3/h3-7,16-18H,1-2H3,(H,14,15)/t3-,4-,5+,6?,7-,9?/m1/s1. The van der Waals surface area contributed by atoms with Crippen LogP contribution in [0.15, 0.2) is 4.99 Å². The number of aliphatic imine (C=N–C) groups is 1. The number of fused-ring (bicyclic) bond motifs is 1. The highest BCUT2D eigenvalue weighted by molar-refractivity contribution is 8.14. The number of aliphatic hydroxyl groups excluding tert-OH is 2. The van der Waals surface area contributed by atoms with Crippen LogP contribution in [0, 0.1) is 0 Å². The van der Waals surface area contributed by atoms with Gasteiger partial charge in [0.15, 0.2) is 10.8 Å². The van der Waals surface area contributed by atoms with Gasteiger partial charge in [-0.25, -0.2) is 0 Å². The molecular formula is C10H15F3N2O4S. The first kappa shape index (κ1) is 15.8. The molecule has 0 saturated carbocycles. The molecule has 0 aliphatic carbocycles. The number of halogens is 3. The first-order chi connectivity index (χ1) is 9.09. The lowest BCUT2D eigenvalue weighted by Gasteiger charge is -2.44. The summed E-state index contributed by atoms with van der Waals surface area (Å²) in [5.41, 5.74) is -4.17. The Labute approximate surface area is 117 Å². The van der Waals surface area contributed by atoms with E-state index in [2.05, 4.69) is 10.3 Å². The molecule has 20 heavy (non-hydrogen) atoms. The number of hydrogen-bond acceptors (Lipinski definition) is 7. The number of hydrogen-bond donors (Lipinski definition) is 4. The van der Waals surface area contributed by atoms with Gasteiger partial charge >= 0.3 is 6.18 Å². The van der Waals surface area contributed by atoms with Crippen molar-refractivity contribution >= 4 is 16.9 Å². The van der Waals surface area contributed by atoms with Crippen LogP contribution in [0.3, 0.4) is 0 Å². The minimum absolute atomic E-state index is 0.388. The zero-order valence-corrected chi connectivity index (χ0v) is 11.4. The van der Waals surface area contributed by atoms with Crippen LogP contribution in [0.5, 0.6) is 0 Å². The van der Waals surface area contributed by atoms with Crippen molar-refractivity contribution in [2.75, 3.05) is 7.05 Å². The predicted molar refractivity (Wildman–Crippen MR) is 65.2 cm³/mol. The van der Waals surface area contributed by atoms with Gasteiger partial charge in [0.25, 0.3) is 0 Å². The molecular weight excluding hydrogens is 301 g/mol. The number of alkyl halides is 3. The van der Waals surface area contributed by atoms with E-state index in [1.807, 2.05) is 0 Å². The summed E-state index contributed by atoms with van der Waals surface area (Å²) in [6.07, 6.45) is -10.4. The molecule has 0 amide bonds. The normalized spacial score (nSPS) is 40.8. The summed E-state index contributed by atoms with van der Waals surface area (Å²) in [5, 5.41) is 32.4. The van der Waals surface area contributed by atoms with Crippen LogP contribution in [-0.2, 0) is 4.74 Å². The topological polar surface area (TPSA) is 94.3 Å². The number of thioether (sulfide) groups is 1. The molecule has 0 bridgehead atoms. The minimum Gasteiger partial charge on any atom is -0.388 e. The summed E-state index contributed by atoms with van der Waals surface area (Å²) in [4.78, 5) is 4.01. The molecule has 0 spiro atoms. The Morgan fingerprint density at radius 2 is 1.90 bits per heavy atom. The summed E-state index contributed by atoms with van der Waals surface area (Å²) in [5.74, 6) is 0. The second-order valence-corrected chi connectivity index (χ2v) is 5.93. The molecule has 2 unspecified atom stereocenters. The lowest BCUT2D eigenvalue weighted by atomic mass is 9.87. The van der Waals surface area contributed by atoms with E-state index < -0.39 is 41.6 Å². The van der Waals surface area contributed by atoms with Crippen LogP contribution < -0.4 is 5.32 Å². The molecule has 116 valence electrons. The summed E-state index contributed by atoms with van der Waals surface area (Å²) >= 11 is 0.998. The number of rotatable bonds is 1. The maximum absolute atomic E-state index is 12.8. The summed E-state index contributed by atoms with van der Waals surface area (Å²) < 4.78 is 43.6. The van der Waals surface area contributed by atoms with E-state index in [1.54, 1.807) is 7.05 Å². The van der Waals surface area contributed by atoms with Crippen molar-refractivity contribution in [1.82, 2.24) is 5.32 Å². The van der Waals surface area contributed by atoms with E-state index in [0.717, 1.165) is 11.8 Å². The number of nitrogens with one attached hydrogen (secondary N) is 1. The molecule has 6 atom stereocenters. The van der Waals surface area contributed by atoms with Gasteiger partial charge in [0.1, 0.15) is 29.8 Å². The van der Waals surface area contributed by atoms with Crippen LogP contribution in [0.25, 0.3) is 0 Å². The number of aliphatic hydroxyl groups is 3. The monoisotopic (exact) mass is 316 g/mol. The highest BCUT2D eigenvalue weighted by atomic mass is 32.2. The molecule has 0 aromatic rings. The average Bonchev–Trinajstić information content (AvgIpc) is 2.75. The van der Waals surface area contributed by atoms with Gasteiger partial charge in [-0.15, -0.1) is 0 Å². The third kappa shape index (κ3) is 2.39. The highest BCUT2D eigenvalue weighted by Gasteiger charge is 2.62. The van der Waals surface area contributed by atoms with E-state index in [-0.39, 0.29) is 0 Å². The van der Waals surface area contributed by atoms with Gasteiger partial charge in [-0.3, -0.25) is 4.99 Å². The van der Waals surface area contributed by atoms with Crippen molar-refractivity contribution < 1.29 is 33.2 Å². The molecule has 1 fully saturated rings. The Balaban J connectivity index is 2.24. The third-order valence-corrected chi connectivity index (χ3v) is 4.56. The summed E-state index contributed by atoms with van der Waals surface area (Å²) in [6.45, 7) is 0.507. The maximum Gasteiger partial charge on any atom is 0.419 e. The molecule has 0 radical (unpaired) electrons. The Hall–Kier alpha value is -0.550. The Kier molecular flexibility index (Phi) is 3.97. The second kappa shape index (κ2) is 5.02. The fraction of sp³-hybridized carbons (Fsp3) is 0.900.